The Morgan fingerprint density at radius 2 is 1.29 bits per heavy atom. The van der Waals surface area contributed by atoms with Crippen molar-refractivity contribution in [1.29, 1.82) is 0 Å². The van der Waals surface area contributed by atoms with Gasteiger partial charge in [0.25, 0.3) is 0 Å². The maximum absolute atomic E-state index is 13.1. The third-order valence-electron chi connectivity index (χ3n) is 6.95. The average Bonchev–Trinajstić information content (AvgIpc) is 2.94. The van der Waals surface area contributed by atoms with Crippen LogP contribution in [0.25, 0.3) is 0 Å². The van der Waals surface area contributed by atoms with Crippen LogP contribution in [-0.4, -0.2) is 30.2 Å². The van der Waals surface area contributed by atoms with Gasteiger partial charge in [0.05, 0.1) is 0 Å². The molecule has 41 heavy (non-hydrogen) atoms. The number of nitrogens with one attached hydrogen (secondary N) is 2. The van der Waals surface area contributed by atoms with E-state index in [4.69, 9.17) is 9.47 Å². The molecule has 0 bridgehead atoms. The minimum atomic E-state index is -0.724. The van der Waals surface area contributed by atoms with Crippen LogP contribution in [0.3, 0.4) is 0 Å². The van der Waals surface area contributed by atoms with Gasteiger partial charge < -0.3 is 20.1 Å². The molecule has 2 aromatic carbocycles. The standard InChI is InChI=1S/C35H54N2O4/c1-5-6-7-8-9-10-11-12-13-14-15-19-26-36-33(38)32(37-34(39)41-35(2,3)4)27-29-22-24-31(25-23-29)40-28-30-20-17-16-18-21-30/h16-18,20-25,32H,5-15,19,26-28H2,1-4H3,(H,36,38)(H,37,39)/t32-/m0/s1. The van der Waals surface area contributed by atoms with E-state index in [-0.39, 0.29) is 5.91 Å². The molecular weight excluding hydrogens is 512 g/mol. The van der Waals surface area contributed by atoms with E-state index >= 15 is 0 Å². The first-order valence-corrected chi connectivity index (χ1v) is 15.8. The fourth-order valence-electron chi connectivity index (χ4n) is 4.66. The zero-order valence-corrected chi connectivity index (χ0v) is 26.0. The molecule has 6 nitrogen and oxygen atoms in total. The number of carbonyl (C=O) groups is 2. The molecule has 0 heterocycles. The van der Waals surface area contributed by atoms with Crippen molar-refractivity contribution in [1.82, 2.24) is 10.6 Å². The summed E-state index contributed by atoms with van der Waals surface area (Å²) in [7, 11) is 0. The molecule has 6 heteroatoms. The van der Waals surface area contributed by atoms with Gasteiger partial charge >= 0.3 is 6.09 Å². The van der Waals surface area contributed by atoms with Crippen LogP contribution in [0.5, 0.6) is 5.75 Å². The van der Waals surface area contributed by atoms with Crippen molar-refractivity contribution in [3.8, 4) is 5.75 Å². The molecule has 0 aliphatic rings. The Balaban J connectivity index is 1.75. The number of hydrogen-bond acceptors (Lipinski definition) is 4. The predicted octanol–water partition coefficient (Wildman–Crippen LogP) is 8.52. The summed E-state index contributed by atoms with van der Waals surface area (Å²) in [4.78, 5) is 25.6. The van der Waals surface area contributed by atoms with E-state index in [2.05, 4.69) is 17.6 Å². The molecular formula is C35H54N2O4. The molecule has 0 spiro atoms. The van der Waals surface area contributed by atoms with E-state index in [0.29, 0.717) is 19.6 Å². The number of hydrogen-bond donors (Lipinski definition) is 2. The molecule has 0 aliphatic heterocycles. The number of benzene rings is 2. The second kappa shape index (κ2) is 20.0. The van der Waals surface area contributed by atoms with Gasteiger partial charge in [0, 0.05) is 13.0 Å². The van der Waals surface area contributed by atoms with Gasteiger partial charge in [0.15, 0.2) is 0 Å². The van der Waals surface area contributed by atoms with Crippen LogP contribution < -0.4 is 15.4 Å². The fraction of sp³-hybridized carbons (Fsp3) is 0.600. The summed E-state index contributed by atoms with van der Waals surface area (Å²) >= 11 is 0. The van der Waals surface area contributed by atoms with Gasteiger partial charge in [-0.2, -0.15) is 0 Å². The molecule has 0 saturated heterocycles. The van der Waals surface area contributed by atoms with Crippen LogP contribution in [-0.2, 0) is 22.6 Å². The van der Waals surface area contributed by atoms with Crippen LogP contribution in [0.2, 0.25) is 0 Å². The minimum absolute atomic E-state index is 0.191. The van der Waals surface area contributed by atoms with Gasteiger partial charge in [-0.05, 0) is 50.5 Å². The first-order valence-electron chi connectivity index (χ1n) is 15.8. The molecule has 2 amide bonds. The lowest BCUT2D eigenvalue weighted by Crippen LogP contribution is -2.49. The topological polar surface area (TPSA) is 76.7 Å². The van der Waals surface area contributed by atoms with E-state index in [1.54, 1.807) is 0 Å². The molecule has 0 unspecified atom stereocenters. The molecule has 1 atom stereocenters. The summed E-state index contributed by atoms with van der Waals surface area (Å²) in [5.41, 5.74) is 1.39. The molecule has 0 saturated carbocycles. The van der Waals surface area contributed by atoms with Gasteiger partial charge in [0.1, 0.15) is 24.0 Å². The fourth-order valence-corrected chi connectivity index (χ4v) is 4.66. The van der Waals surface area contributed by atoms with E-state index in [1.165, 1.54) is 64.2 Å². The van der Waals surface area contributed by atoms with Crippen LogP contribution in [0.4, 0.5) is 4.79 Å². The van der Waals surface area contributed by atoms with Crippen molar-refractivity contribution in [2.45, 2.75) is 129 Å². The molecule has 0 aromatic heterocycles. The Morgan fingerprint density at radius 1 is 0.732 bits per heavy atom. The van der Waals surface area contributed by atoms with Crippen LogP contribution in [0.15, 0.2) is 54.6 Å². The first kappa shape index (κ1) is 34.2. The summed E-state index contributed by atoms with van der Waals surface area (Å²) < 4.78 is 11.3. The molecule has 2 N–H and O–H groups in total. The normalized spacial score (nSPS) is 12.0. The quantitative estimate of drug-likeness (QED) is 0.158. The zero-order chi connectivity index (χ0) is 29.8. The second-order valence-electron chi connectivity index (χ2n) is 12.0. The largest absolute Gasteiger partial charge is 0.489 e. The van der Waals surface area contributed by atoms with Crippen molar-refractivity contribution in [3.63, 3.8) is 0 Å². The highest BCUT2D eigenvalue weighted by Crippen LogP contribution is 2.16. The Hall–Kier alpha value is -3.02. The summed E-state index contributed by atoms with van der Waals surface area (Å²) in [6.07, 6.45) is 15.1. The van der Waals surface area contributed by atoms with E-state index in [0.717, 1.165) is 29.7 Å². The summed E-state index contributed by atoms with van der Waals surface area (Å²) in [6.45, 7) is 8.78. The lowest BCUT2D eigenvalue weighted by Gasteiger charge is -2.23. The molecule has 228 valence electrons. The van der Waals surface area contributed by atoms with E-state index < -0.39 is 17.7 Å². The molecule has 2 rings (SSSR count). The summed E-state index contributed by atoms with van der Waals surface area (Å²) in [6, 6.07) is 16.9. The Labute approximate surface area is 249 Å². The predicted molar refractivity (Wildman–Crippen MR) is 168 cm³/mol. The first-order chi connectivity index (χ1) is 19.8. The van der Waals surface area contributed by atoms with Crippen molar-refractivity contribution >= 4 is 12.0 Å². The lowest BCUT2D eigenvalue weighted by molar-refractivity contribution is -0.123. The SMILES string of the molecule is CCCCCCCCCCCCCCNC(=O)[C@H](Cc1ccc(OCc2ccccc2)cc1)NC(=O)OC(C)(C)C. The number of ether oxygens (including phenoxy) is 2. The average molecular weight is 567 g/mol. The van der Waals surface area contributed by atoms with Crippen molar-refractivity contribution in [2.24, 2.45) is 0 Å². The number of unbranched alkanes of at least 4 members (excludes halogenated alkanes) is 11. The number of amides is 2. The minimum Gasteiger partial charge on any atom is -0.489 e. The summed E-state index contributed by atoms with van der Waals surface area (Å²) in [5.74, 6) is 0.564. The monoisotopic (exact) mass is 566 g/mol. The Kier molecular flexibility index (Phi) is 16.6. The van der Waals surface area contributed by atoms with Crippen molar-refractivity contribution < 1.29 is 19.1 Å². The number of alkyl carbamates (subject to hydrolysis) is 1. The third kappa shape index (κ3) is 16.7. The zero-order valence-electron chi connectivity index (χ0n) is 26.0. The third-order valence-corrected chi connectivity index (χ3v) is 6.95. The van der Waals surface area contributed by atoms with Gasteiger partial charge in [-0.25, -0.2) is 4.79 Å². The van der Waals surface area contributed by atoms with Crippen molar-refractivity contribution in [3.05, 3.63) is 65.7 Å². The smallest absolute Gasteiger partial charge is 0.408 e. The molecule has 0 aliphatic carbocycles. The van der Waals surface area contributed by atoms with Crippen LogP contribution >= 0.6 is 0 Å². The molecule has 2 aromatic rings. The van der Waals surface area contributed by atoms with Gasteiger partial charge in [-0.3, -0.25) is 4.79 Å². The highest BCUT2D eigenvalue weighted by atomic mass is 16.6. The maximum Gasteiger partial charge on any atom is 0.408 e. The highest BCUT2D eigenvalue weighted by molar-refractivity contribution is 5.86. The Morgan fingerprint density at radius 3 is 1.85 bits per heavy atom. The van der Waals surface area contributed by atoms with Gasteiger partial charge in [-0.15, -0.1) is 0 Å². The number of rotatable bonds is 20. The Bertz CT molecular complexity index is 970. The van der Waals surface area contributed by atoms with Crippen LogP contribution in [0.1, 0.15) is 116 Å². The molecule has 0 radical (unpaired) electrons. The lowest BCUT2D eigenvalue weighted by atomic mass is 10.0. The maximum atomic E-state index is 13.1. The second-order valence-corrected chi connectivity index (χ2v) is 12.0. The van der Waals surface area contributed by atoms with Gasteiger partial charge in [0.2, 0.25) is 5.91 Å². The van der Waals surface area contributed by atoms with Crippen LogP contribution in [0, 0.1) is 0 Å². The number of carbonyl (C=O) groups excluding carboxylic acids is 2. The van der Waals surface area contributed by atoms with E-state index in [9.17, 15) is 9.59 Å². The van der Waals surface area contributed by atoms with E-state index in [1.807, 2.05) is 75.4 Å². The van der Waals surface area contributed by atoms with Gasteiger partial charge in [-0.1, -0.05) is 120 Å². The van der Waals surface area contributed by atoms with Crippen molar-refractivity contribution in [2.75, 3.05) is 6.54 Å². The summed E-state index contributed by atoms with van der Waals surface area (Å²) in [5, 5.41) is 5.80. The highest BCUT2D eigenvalue weighted by Gasteiger charge is 2.24. The molecule has 0 fully saturated rings.